The standard InChI is InChI=1S/C22H24ClN5O5/c23-18-5-1-16(2-6-18)15-25-21(30)20(29)24-9-10-26-11-13-27(14-12-26)22(31)17-3-7-19(8-4-17)28(32)33/h1-8H,9-15H2,(H,24,29)(H,25,30). The SMILES string of the molecule is O=C(NCCN1CCN(C(=O)c2ccc([N+](=O)[O-])cc2)CC1)C(=O)NCc1ccc(Cl)cc1. The molecular weight excluding hydrogens is 450 g/mol. The number of nitrogens with zero attached hydrogens (tertiary/aromatic N) is 3. The molecule has 1 heterocycles. The summed E-state index contributed by atoms with van der Waals surface area (Å²) in [6.07, 6.45) is 0. The Labute approximate surface area is 195 Å². The van der Waals surface area contributed by atoms with Crippen molar-refractivity contribution >= 4 is 35.0 Å². The quantitative estimate of drug-likeness (QED) is 0.356. The Morgan fingerprint density at radius 1 is 0.909 bits per heavy atom. The maximum Gasteiger partial charge on any atom is 0.309 e. The van der Waals surface area contributed by atoms with E-state index in [-0.39, 0.29) is 18.1 Å². The highest BCUT2D eigenvalue weighted by Crippen LogP contribution is 2.14. The highest BCUT2D eigenvalue weighted by Gasteiger charge is 2.22. The molecule has 33 heavy (non-hydrogen) atoms. The van der Waals surface area contributed by atoms with Gasteiger partial charge in [0.1, 0.15) is 0 Å². The molecule has 3 rings (SSSR count). The van der Waals surface area contributed by atoms with Crippen molar-refractivity contribution in [2.75, 3.05) is 39.3 Å². The van der Waals surface area contributed by atoms with Crippen LogP contribution < -0.4 is 10.6 Å². The number of hydrogen-bond acceptors (Lipinski definition) is 6. The number of rotatable bonds is 7. The molecule has 2 aromatic rings. The Hall–Kier alpha value is -3.50. The number of hydrogen-bond donors (Lipinski definition) is 2. The second-order valence-electron chi connectivity index (χ2n) is 7.50. The molecule has 2 aromatic carbocycles. The number of amides is 3. The van der Waals surface area contributed by atoms with Crippen molar-refractivity contribution in [3.05, 3.63) is 74.8 Å². The average Bonchev–Trinajstić information content (AvgIpc) is 2.83. The zero-order valence-electron chi connectivity index (χ0n) is 17.8. The van der Waals surface area contributed by atoms with Gasteiger partial charge in [0.15, 0.2) is 0 Å². The Morgan fingerprint density at radius 2 is 1.52 bits per heavy atom. The topological polar surface area (TPSA) is 125 Å². The summed E-state index contributed by atoms with van der Waals surface area (Å²) in [6, 6.07) is 12.5. The predicted molar refractivity (Wildman–Crippen MR) is 122 cm³/mol. The van der Waals surface area contributed by atoms with Crippen LogP contribution in [0.4, 0.5) is 5.69 Å². The molecule has 0 radical (unpaired) electrons. The largest absolute Gasteiger partial charge is 0.347 e. The minimum Gasteiger partial charge on any atom is -0.347 e. The van der Waals surface area contributed by atoms with E-state index in [1.807, 2.05) is 0 Å². The van der Waals surface area contributed by atoms with Gasteiger partial charge in [0.2, 0.25) is 0 Å². The Balaban J connectivity index is 1.34. The van der Waals surface area contributed by atoms with Crippen LogP contribution in [0.15, 0.2) is 48.5 Å². The number of non-ortho nitro benzene ring substituents is 1. The van der Waals surface area contributed by atoms with E-state index in [0.717, 1.165) is 5.56 Å². The van der Waals surface area contributed by atoms with Crippen molar-refractivity contribution in [1.82, 2.24) is 20.4 Å². The lowest BCUT2D eigenvalue weighted by Crippen LogP contribution is -2.50. The lowest BCUT2D eigenvalue weighted by atomic mass is 10.1. The first-order chi connectivity index (χ1) is 15.8. The molecule has 0 spiro atoms. The molecule has 2 N–H and O–H groups in total. The van der Waals surface area contributed by atoms with Gasteiger partial charge in [-0.3, -0.25) is 29.4 Å². The third-order valence-electron chi connectivity index (χ3n) is 5.27. The van der Waals surface area contributed by atoms with Gasteiger partial charge in [0.05, 0.1) is 4.92 Å². The van der Waals surface area contributed by atoms with Crippen LogP contribution in [-0.4, -0.2) is 71.7 Å². The third-order valence-corrected chi connectivity index (χ3v) is 5.52. The highest BCUT2D eigenvalue weighted by molar-refractivity contribution is 6.35. The molecule has 3 amide bonds. The van der Waals surface area contributed by atoms with E-state index >= 15 is 0 Å². The first-order valence-corrected chi connectivity index (χ1v) is 10.8. The smallest absolute Gasteiger partial charge is 0.309 e. The lowest BCUT2D eigenvalue weighted by molar-refractivity contribution is -0.384. The molecule has 1 saturated heterocycles. The van der Waals surface area contributed by atoms with Gasteiger partial charge in [-0.2, -0.15) is 0 Å². The number of nitrogens with one attached hydrogen (secondary N) is 2. The van der Waals surface area contributed by atoms with E-state index in [1.54, 1.807) is 29.2 Å². The van der Waals surface area contributed by atoms with Gasteiger partial charge >= 0.3 is 11.8 Å². The van der Waals surface area contributed by atoms with Gasteiger partial charge in [0, 0.05) is 68.5 Å². The van der Waals surface area contributed by atoms with E-state index in [1.165, 1.54) is 24.3 Å². The fourth-order valence-electron chi connectivity index (χ4n) is 3.36. The van der Waals surface area contributed by atoms with Crippen molar-refractivity contribution in [2.24, 2.45) is 0 Å². The summed E-state index contributed by atoms with van der Waals surface area (Å²) in [5.74, 6) is -1.57. The summed E-state index contributed by atoms with van der Waals surface area (Å²) in [5, 5.41) is 16.5. The van der Waals surface area contributed by atoms with Crippen LogP contribution >= 0.6 is 11.6 Å². The molecule has 0 aromatic heterocycles. The molecular formula is C22H24ClN5O5. The Morgan fingerprint density at radius 3 is 2.12 bits per heavy atom. The zero-order valence-corrected chi connectivity index (χ0v) is 18.6. The van der Waals surface area contributed by atoms with Crippen molar-refractivity contribution in [3.8, 4) is 0 Å². The van der Waals surface area contributed by atoms with Gasteiger partial charge in [-0.15, -0.1) is 0 Å². The van der Waals surface area contributed by atoms with Gasteiger partial charge in [0.25, 0.3) is 11.6 Å². The molecule has 0 unspecified atom stereocenters. The third kappa shape index (κ3) is 6.99. The van der Waals surface area contributed by atoms with Crippen molar-refractivity contribution < 1.29 is 19.3 Å². The maximum absolute atomic E-state index is 12.6. The summed E-state index contributed by atoms with van der Waals surface area (Å²) in [7, 11) is 0. The minimum absolute atomic E-state index is 0.0583. The first-order valence-electron chi connectivity index (χ1n) is 10.4. The van der Waals surface area contributed by atoms with Crippen molar-refractivity contribution in [1.29, 1.82) is 0 Å². The van der Waals surface area contributed by atoms with Crippen molar-refractivity contribution in [3.63, 3.8) is 0 Å². The van der Waals surface area contributed by atoms with Crippen LogP contribution in [0.3, 0.4) is 0 Å². The fourth-order valence-corrected chi connectivity index (χ4v) is 3.48. The van der Waals surface area contributed by atoms with Crippen molar-refractivity contribution in [2.45, 2.75) is 6.54 Å². The summed E-state index contributed by atoms with van der Waals surface area (Å²) >= 11 is 5.82. The first kappa shape index (κ1) is 24.1. The van der Waals surface area contributed by atoms with E-state index in [0.29, 0.717) is 49.9 Å². The van der Waals surface area contributed by atoms with Gasteiger partial charge < -0.3 is 15.5 Å². The summed E-state index contributed by atoms with van der Waals surface area (Å²) in [5.41, 5.74) is 1.18. The molecule has 10 nitrogen and oxygen atoms in total. The van der Waals surface area contributed by atoms with E-state index in [9.17, 15) is 24.5 Å². The molecule has 0 atom stereocenters. The van der Waals surface area contributed by atoms with Crippen LogP contribution in [-0.2, 0) is 16.1 Å². The van der Waals surface area contributed by atoms with Crippen LogP contribution in [0.5, 0.6) is 0 Å². The van der Waals surface area contributed by atoms with E-state index < -0.39 is 16.7 Å². The number of carbonyl (C=O) groups is 3. The van der Waals surface area contributed by atoms with Gasteiger partial charge in [-0.05, 0) is 29.8 Å². The number of carbonyl (C=O) groups excluding carboxylic acids is 3. The molecule has 11 heteroatoms. The molecule has 1 aliphatic heterocycles. The number of halogens is 1. The second kappa shape index (κ2) is 11.4. The van der Waals surface area contributed by atoms with E-state index in [4.69, 9.17) is 11.6 Å². The fraction of sp³-hybridized carbons (Fsp3) is 0.318. The minimum atomic E-state index is -0.705. The molecule has 174 valence electrons. The average molecular weight is 474 g/mol. The molecule has 1 fully saturated rings. The summed E-state index contributed by atoms with van der Waals surface area (Å²) in [4.78, 5) is 50.5. The lowest BCUT2D eigenvalue weighted by Gasteiger charge is -2.34. The van der Waals surface area contributed by atoms with Crippen LogP contribution in [0.1, 0.15) is 15.9 Å². The van der Waals surface area contributed by atoms with Gasteiger partial charge in [-0.1, -0.05) is 23.7 Å². The molecule has 0 aliphatic carbocycles. The Bertz CT molecular complexity index is 1000. The predicted octanol–water partition coefficient (Wildman–Crippen LogP) is 1.44. The molecule has 0 bridgehead atoms. The van der Waals surface area contributed by atoms with Crippen LogP contribution in [0.2, 0.25) is 5.02 Å². The number of benzene rings is 2. The normalized spacial score (nSPS) is 13.9. The Kier molecular flexibility index (Phi) is 8.34. The summed E-state index contributed by atoms with van der Waals surface area (Å²) < 4.78 is 0. The van der Waals surface area contributed by atoms with Crippen LogP contribution in [0.25, 0.3) is 0 Å². The monoisotopic (exact) mass is 473 g/mol. The highest BCUT2D eigenvalue weighted by atomic mass is 35.5. The zero-order chi connectivity index (χ0) is 23.8. The number of piperazine rings is 1. The maximum atomic E-state index is 12.6. The second-order valence-corrected chi connectivity index (χ2v) is 7.94. The molecule has 0 saturated carbocycles. The van der Waals surface area contributed by atoms with Crippen LogP contribution in [0, 0.1) is 10.1 Å². The number of nitro groups is 1. The number of nitro benzene ring substituents is 1. The summed E-state index contributed by atoms with van der Waals surface area (Å²) in [6.45, 7) is 3.35. The van der Waals surface area contributed by atoms with E-state index in [2.05, 4.69) is 15.5 Å². The van der Waals surface area contributed by atoms with Gasteiger partial charge in [-0.25, -0.2) is 0 Å². The molecule has 1 aliphatic rings.